The van der Waals surface area contributed by atoms with E-state index in [1.165, 1.54) is 12.4 Å². The third-order valence-corrected chi connectivity index (χ3v) is 3.04. The molecule has 1 atom stereocenters. The molecule has 2 heterocycles. The average molecular weight is 261 g/mol. The van der Waals surface area contributed by atoms with Gasteiger partial charge in [0.2, 0.25) is 0 Å². The summed E-state index contributed by atoms with van der Waals surface area (Å²) in [5, 5.41) is 9.11. The van der Waals surface area contributed by atoms with Gasteiger partial charge in [0.15, 0.2) is 0 Å². The van der Waals surface area contributed by atoms with Crippen molar-refractivity contribution in [1.82, 2.24) is 4.98 Å². The molecule has 1 aromatic heterocycles. The Hall–Kier alpha value is -2.49. The highest BCUT2D eigenvalue weighted by Gasteiger charge is 2.25. The minimum Gasteiger partial charge on any atom is -0.445 e. The highest BCUT2D eigenvalue weighted by Crippen LogP contribution is 2.29. The van der Waals surface area contributed by atoms with E-state index in [-0.39, 0.29) is 6.10 Å². The number of rotatable bonds is 2. The summed E-state index contributed by atoms with van der Waals surface area (Å²) in [4.78, 5) is 16.6. The predicted molar refractivity (Wildman–Crippen MR) is 69.3 cm³/mol. The summed E-state index contributed by atoms with van der Waals surface area (Å²) in [6.07, 6.45) is 3.52. The van der Waals surface area contributed by atoms with Crippen molar-refractivity contribution in [2.24, 2.45) is 5.73 Å². The van der Waals surface area contributed by atoms with Crippen LogP contribution in [0, 0.1) is 11.3 Å². The first kappa shape index (κ1) is 13.0. The molecule has 0 aliphatic carbocycles. The number of hydrogen-bond donors (Lipinski definition) is 2. The minimum atomic E-state index is -0.782. The van der Waals surface area contributed by atoms with Gasteiger partial charge in [-0.3, -0.25) is 4.98 Å². The fraction of sp³-hybridized carbons (Fsp3) is 0.417. The van der Waals surface area contributed by atoms with Crippen LogP contribution in [0.1, 0.15) is 18.4 Å². The van der Waals surface area contributed by atoms with Gasteiger partial charge >= 0.3 is 6.09 Å². The molecule has 1 unspecified atom stereocenters. The van der Waals surface area contributed by atoms with Crippen molar-refractivity contribution in [3.05, 3.63) is 18.0 Å². The number of nitriles is 1. The molecule has 1 saturated heterocycles. The van der Waals surface area contributed by atoms with Crippen LogP contribution in [-0.2, 0) is 4.74 Å². The smallest absolute Gasteiger partial charge is 0.404 e. The Balaban J connectivity index is 2.22. The topological polar surface area (TPSA) is 118 Å². The van der Waals surface area contributed by atoms with E-state index in [1.54, 1.807) is 0 Å². The summed E-state index contributed by atoms with van der Waals surface area (Å²) in [6, 6.07) is 2.07. The number of carbonyl (C=O) groups is 1. The number of primary amides is 1. The van der Waals surface area contributed by atoms with Gasteiger partial charge in [-0.2, -0.15) is 5.26 Å². The lowest BCUT2D eigenvalue weighted by molar-refractivity contribution is 0.0966. The number of ether oxygens (including phenoxy) is 1. The molecule has 0 spiro atoms. The standard InChI is InChI=1S/C12H15N5O2/c13-4-8-5-16-6-10(14)11(8)17-3-1-2-9(7-17)19-12(15)18/h5-6,9H,1-3,7,14H2,(H2,15,18). The Bertz CT molecular complexity index is 525. The van der Waals surface area contributed by atoms with Crippen molar-refractivity contribution in [2.75, 3.05) is 23.7 Å². The highest BCUT2D eigenvalue weighted by atomic mass is 16.6. The van der Waals surface area contributed by atoms with Crippen LogP contribution in [0.25, 0.3) is 0 Å². The van der Waals surface area contributed by atoms with E-state index in [4.69, 9.17) is 21.5 Å². The largest absolute Gasteiger partial charge is 0.445 e. The first-order chi connectivity index (χ1) is 9.11. The van der Waals surface area contributed by atoms with Gasteiger partial charge in [-0.15, -0.1) is 0 Å². The van der Waals surface area contributed by atoms with E-state index in [0.29, 0.717) is 23.5 Å². The quantitative estimate of drug-likeness (QED) is 0.804. The molecule has 0 aromatic carbocycles. The zero-order chi connectivity index (χ0) is 13.8. The van der Waals surface area contributed by atoms with Gasteiger partial charge in [-0.1, -0.05) is 0 Å². The molecule has 7 nitrogen and oxygen atoms in total. The molecule has 4 N–H and O–H groups in total. The van der Waals surface area contributed by atoms with Crippen LogP contribution in [0.5, 0.6) is 0 Å². The molecule has 1 amide bonds. The van der Waals surface area contributed by atoms with Crippen LogP contribution < -0.4 is 16.4 Å². The highest BCUT2D eigenvalue weighted by molar-refractivity contribution is 5.73. The molecule has 1 aromatic rings. The number of nitrogens with two attached hydrogens (primary N) is 2. The predicted octanol–water partition coefficient (Wildman–Crippen LogP) is 0.600. The molecule has 0 saturated carbocycles. The van der Waals surface area contributed by atoms with Gasteiger partial charge in [-0.05, 0) is 12.8 Å². The zero-order valence-corrected chi connectivity index (χ0v) is 10.4. The number of pyridine rings is 1. The van der Waals surface area contributed by atoms with E-state index in [1.807, 2.05) is 4.90 Å². The van der Waals surface area contributed by atoms with Crippen molar-refractivity contribution in [3.8, 4) is 6.07 Å². The maximum atomic E-state index is 10.8. The Morgan fingerprint density at radius 1 is 1.58 bits per heavy atom. The van der Waals surface area contributed by atoms with Crippen molar-refractivity contribution in [1.29, 1.82) is 5.26 Å². The SMILES string of the molecule is N#Cc1cncc(N)c1N1CCCC(OC(N)=O)C1. The van der Waals surface area contributed by atoms with Crippen LogP contribution in [0.3, 0.4) is 0 Å². The number of aromatic nitrogens is 1. The van der Waals surface area contributed by atoms with Crippen LogP contribution in [0.15, 0.2) is 12.4 Å². The van der Waals surface area contributed by atoms with E-state index in [2.05, 4.69) is 11.1 Å². The Kier molecular flexibility index (Phi) is 3.71. The summed E-state index contributed by atoms with van der Waals surface area (Å²) < 4.78 is 5.01. The summed E-state index contributed by atoms with van der Waals surface area (Å²) in [6.45, 7) is 1.23. The van der Waals surface area contributed by atoms with Crippen LogP contribution in [-0.4, -0.2) is 30.3 Å². The maximum Gasteiger partial charge on any atom is 0.404 e. The van der Waals surface area contributed by atoms with Crippen LogP contribution in [0.4, 0.5) is 16.2 Å². The molecule has 1 aliphatic heterocycles. The van der Waals surface area contributed by atoms with Gasteiger partial charge < -0.3 is 21.1 Å². The minimum absolute atomic E-state index is 0.273. The normalized spacial score (nSPS) is 18.7. The Labute approximate surface area is 110 Å². The summed E-state index contributed by atoms with van der Waals surface area (Å²) >= 11 is 0. The number of piperidine rings is 1. The Morgan fingerprint density at radius 2 is 2.37 bits per heavy atom. The third-order valence-electron chi connectivity index (χ3n) is 3.04. The van der Waals surface area contributed by atoms with Gasteiger partial charge in [-0.25, -0.2) is 4.79 Å². The summed E-state index contributed by atoms with van der Waals surface area (Å²) in [5.41, 5.74) is 12.4. The molecule has 7 heteroatoms. The second-order valence-corrected chi connectivity index (χ2v) is 4.38. The molecule has 2 rings (SSSR count). The molecule has 0 radical (unpaired) electrons. The summed E-state index contributed by atoms with van der Waals surface area (Å²) in [5.74, 6) is 0. The van der Waals surface area contributed by atoms with Crippen LogP contribution >= 0.6 is 0 Å². The molecular formula is C12H15N5O2. The first-order valence-electron chi connectivity index (χ1n) is 5.96. The first-order valence-corrected chi connectivity index (χ1v) is 5.96. The van der Waals surface area contributed by atoms with Gasteiger partial charge in [0.1, 0.15) is 12.2 Å². The number of amides is 1. The van der Waals surface area contributed by atoms with Gasteiger partial charge in [0, 0.05) is 12.7 Å². The van der Waals surface area contributed by atoms with Gasteiger partial charge in [0.25, 0.3) is 0 Å². The Morgan fingerprint density at radius 3 is 3.05 bits per heavy atom. The zero-order valence-electron chi connectivity index (χ0n) is 10.4. The van der Waals surface area contributed by atoms with Crippen molar-refractivity contribution >= 4 is 17.5 Å². The summed E-state index contributed by atoms with van der Waals surface area (Å²) in [7, 11) is 0. The lowest BCUT2D eigenvalue weighted by Crippen LogP contribution is -2.42. The molecule has 19 heavy (non-hydrogen) atoms. The molecule has 1 fully saturated rings. The lowest BCUT2D eigenvalue weighted by atomic mass is 10.1. The molecular weight excluding hydrogens is 246 g/mol. The van der Waals surface area contributed by atoms with E-state index >= 15 is 0 Å². The van der Waals surface area contributed by atoms with Crippen molar-refractivity contribution in [3.63, 3.8) is 0 Å². The van der Waals surface area contributed by atoms with Crippen molar-refractivity contribution < 1.29 is 9.53 Å². The van der Waals surface area contributed by atoms with E-state index in [9.17, 15) is 4.79 Å². The maximum absolute atomic E-state index is 10.8. The second-order valence-electron chi connectivity index (χ2n) is 4.38. The number of anilines is 2. The lowest BCUT2D eigenvalue weighted by Gasteiger charge is -2.34. The number of hydrogen-bond acceptors (Lipinski definition) is 6. The second kappa shape index (κ2) is 5.44. The fourth-order valence-corrected chi connectivity index (χ4v) is 2.31. The van der Waals surface area contributed by atoms with E-state index < -0.39 is 6.09 Å². The van der Waals surface area contributed by atoms with Crippen molar-refractivity contribution in [2.45, 2.75) is 18.9 Å². The average Bonchev–Trinajstić information content (AvgIpc) is 2.37. The number of nitrogen functional groups attached to an aromatic ring is 1. The molecule has 100 valence electrons. The number of nitrogens with zero attached hydrogens (tertiary/aromatic N) is 3. The van der Waals surface area contributed by atoms with Crippen LogP contribution in [0.2, 0.25) is 0 Å². The third kappa shape index (κ3) is 2.85. The molecule has 0 bridgehead atoms. The fourth-order valence-electron chi connectivity index (χ4n) is 2.31. The monoisotopic (exact) mass is 261 g/mol. The molecule has 1 aliphatic rings. The van der Waals surface area contributed by atoms with E-state index in [0.717, 1.165) is 19.4 Å². The van der Waals surface area contributed by atoms with Gasteiger partial charge in [0.05, 0.1) is 29.7 Å². The number of carbonyl (C=O) groups excluding carboxylic acids is 1.